The minimum Gasteiger partial charge on any atom is -0.0622 e. The van der Waals surface area contributed by atoms with Gasteiger partial charge in [0.05, 0.1) is 0 Å². The van der Waals surface area contributed by atoms with Crippen LogP contribution in [0.3, 0.4) is 0 Å². The van der Waals surface area contributed by atoms with E-state index in [1.54, 1.807) is 0 Å². The average Bonchev–Trinajstić information content (AvgIpc) is 3.39. The molecule has 0 unspecified atom stereocenters. The Morgan fingerprint density at radius 2 is 0.469 bits per heavy atom. The topological polar surface area (TPSA) is 0 Å². The van der Waals surface area contributed by atoms with Crippen LogP contribution >= 0.6 is 0 Å². The molecule has 0 aliphatic carbocycles. The van der Waals surface area contributed by atoms with E-state index in [0.29, 0.717) is 0 Å². The van der Waals surface area contributed by atoms with Crippen molar-refractivity contribution in [2.75, 3.05) is 0 Å². The van der Waals surface area contributed by atoms with Gasteiger partial charge in [-0.3, -0.25) is 0 Å². The standard InChI is InChI=1S/C64H42/c1-4-14-43(15-5-1)46-24-30-49(31-25-46)53-20-10-12-22-55(53)57-38-36-52-37-39-60-62(56-23-13-11-21-54(56)50-32-26-47(27-33-50)44-16-6-2-7-17-44)42-61(59-41-40-58(57)63(52)64(59)60)51-34-28-48(29-35-51)45-18-8-3-9-19-45/h1-42H. The third kappa shape index (κ3) is 6.56. The molecule has 0 nitrogen and oxygen atoms in total. The lowest BCUT2D eigenvalue weighted by atomic mass is 9.82. The Bertz CT molecular complexity index is 3590. The molecule has 12 aromatic rings. The summed E-state index contributed by atoms with van der Waals surface area (Å²) in [7, 11) is 0. The van der Waals surface area contributed by atoms with Gasteiger partial charge in [-0.05, 0) is 127 Å². The van der Waals surface area contributed by atoms with Crippen LogP contribution in [0.25, 0.3) is 121 Å². The highest BCUT2D eigenvalue weighted by Gasteiger charge is 2.21. The molecular formula is C64H42. The molecule has 298 valence electrons. The maximum Gasteiger partial charge on any atom is -0.00141 e. The monoisotopic (exact) mass is 810 g/mol. The van der Waals surface area contributed by atoms with Crippen molar-refractivity contribution in [3.63, 3.8) is 0 Å². The molecule has 0 aromatic heterocycles. The molecule has 0 heteroatoms. The van der Waals surface area contributed by atoms with Crippen LogP contribution in [-0.4, -0.2) is 0 Å². The zero-order valence-corrected chi connectivity index (χ0v) is 35.2. The lowest BCUT2D eigenvalue weighted by molar-refractivity contribution is 1.57. The summed E-state index contributed by atoms with van der Waals surface area (Å²) < 4.78 is 0. The third-order valence-corrected chi connectivity index (χ3v) is 13.1. The van der Waals surface area contributed by atoms with Crippen LogP contribution in [0.15, 0.2) is 255 Å². The van der Waals surface area contributed by atoms with Gasteiger partial charge in [-0.1, -0.05) is 249 Å². The van der Waals surface area contributed by atoms with Crippen molar-refractivity contribution in [3.8, 4) is 89.0 Å². The van der Waals surface area contributed by atoms with Crippen molar-refractivity contribution in [2.24, 2.45) is 0 Å². The van der Waals surface area contributed by atoms with E-state index in [0.717, 1.165) is 0 Å². The molecular weight excluding hydrogens is 769 g/mol. The quantitative estimate of drug-likeness (QED) is 0.134. The summed E-state index contributed by atoms with van der Waals surface area (Å²) in [4.78, 5) is 0. The van der Waals surface area contributed by atoms with E-state index in [1.165, 1.54) is 121 Å². The molecule has 0 aliphatic rings. The summed E-state index contributed by atoms with van der Waals surface area (Å²) in [6.45, 7) is 0. The SMILES string of the molecule is c1ccc(-c2ccc(-c3ccccc3-c3ccc4ccc5c(-c6ccccc6-c6ccc(-c7ccccc7)cc6)cc(-c6ccc(-c7ccccc7)cc6)c6ccc3c4c65)cc2)cc1. The Morgan fingerprint density at radius 3 is 0.938 bits per heavy atom. The lowest BCUT2D eigenvalue weighted by Crippen LogP contribution is -1.94. The maximum absolute atomic E-state index is 2.45. The summed E-state index contributed by atoms with van der Waals surface area (Å²) in [5.74, 6) is 0. The van der Waals surface area contributed by atoms with Gasteiger partial charge in [-0.15, -0.1) is 0 Å². The molecule has 0 atom stereocenters. The Kier molecular flexibility index (Phi) is 9.28. The minimum absolute atomic E-state index is 1.20. The molecule has 64 heavy (non-hydrogen) atoms. The highest BCUT2D eigenvalue weighted by molar-refractivity contribution is 6.30. The van der Waals surface area contributed by atoms with E-state index in [1.807, 2.05) is 0 Å². The van der Waals surface area contributed by atoms with Crippen molar-refractivity contribution in [1.29, 1.82) is 0 Å². The van der Waals surface area contributed by atoms with Crippen molar-refractivity contribution in [1.82, 2.24) is 0 Å². The molecule has 0 bridgehead atoms. The Balaban J connectivity index is 1.07. The first-order chi connectivity index (χ1) is 31.7. The van der Waals surface area contributed by atoms with E-state index in [4.69, 9.17) is 0 Å². The van der Waals surface area contributed by atoms with Crippen molar-refractivity contribution in [3.05, 3.63) is 255 Å². The van der Waals surface area contributed by atoms with E-state index >= 15 is 0 Å². The van der Waals surface area contributed by atoms with E-state index in [9.17, 15) is 0 Å². The van der Waals surface area contributed by atoms with Gasteiger partial charge in [0.25, 0.3) is 0 Å². The number of benzene rings is 12. The largest absolute Gasteiger partial charge is 0.0622 e. The fraction of sp³-hybridized carbons (Fsp3) is 0. The molecule has 12 aromatic carbocycles. The minimum atomic E-state index is 1.20. The van der Waals surface area contributed by atoms with E-state index < -0.39 is 0 Å². The van der Waals surface area contributed by atoms with Crippen LogP contribution in [0.1, 0.15) is 0 Å². The number of rotatable bonds is 8. The Labute approximate surface area is 374 Å². The van der Waals surface area contributed by atoms with Gasteiger partial charge in [0.1, 0.15) is 0 Å². The third-order valence-electron chi connectivity index (χ3n) is 13.1. The second-order valence-electron chi connectivity index (χ2n) is 16.8. The Morgan fingerprint density at radius 1 is 0.156 bits per heavy atom. The molecule has 0 aliphatic heterocycles. The predicted molar refractivity (Wildman–Crippen MR) is 274 cm³/mol. The summed E-state index contributed by atoms with van der Waals surface area (Å²) >= 11 is 0. The molecule has 0 amide bonds. The first-order valence-electron chi connectivity index (χ1n) is 22.2. The van der Waals surface area contributed by atoms with Gasteiger partial charge in [-0.2, -0.15) is 0 Å². The fourth-order valence-corrected chi connectivity index (χ4v) is 9.95. The number of hydrogen-bond acceptors (Lipinski definition) is 0. The highest BCUT2D eigenvalue weighted by Crippen LogP contribution is 2.48. The van der Waals surface area contributed by atoms with Gasteiger partial charge in [0, 0.05) is 0 Å². The van der Waals surface area contributed by atoms with Crippen molar-refractivity contribution < 1.29 is 0 Å². The van der Waals surface area contributed by atoms with E-state index in [2.05, 4.69) is 255 Å². The zero-order chi connectivity index (χ0) is 42.4. The van der Waals surface area contributed by atoms with Crippen LogP contribution < -0.4 is 0 Å². The fourth-order valence-electron chi connectivity index (χ4n) is 9.95. The predicted octanol–water partition coefficient (Wildman–Crippen LogP) is 17.9. The number of hydrogen-bond donors (Lipinski definition) is 0. The second kappa shape index (κ2) is 15.9. The van der Waals surface area contributed by atoms with Gasteiger partial charge in [0.2, 0.25) is 0 Å². The molecule has 0 saturated carbocycles. The van der Waals surface area contributed by atoms with Gasteiger partial charge >= 0.3 is 0 Å². The first kappa shape index (κ1) is 37.4. The van der Waals surface area contributed by atoms with Crippen LogP contribution in [0, 0.1) is 0 Å². The summed E-state index contributed by atoms with van der Waals surface area (Å²) in [5, 5.41) is 7.62. The van der Waals surface area contributed by atoms with Crippen molar-refractivity contribution >= 4 is 32.3 Å². The van der Waals surface area contributed by atoms with Crippen LogP contribution in [-0.2, 0) is 0 Å². The van der Waals surface area contributed by atoms with Gasteiger partial charge in [-0.25, -0.2) is 0 Å². The summed E-state index contributed by atoms with van der Waals surface area (Å²) in [6, 6.07) is 93.5. The maximum atomic E-state index is 2.45. The van der Waals surface area contributed by atoms with E-state index in [-0.39, 0.29) is 0 Å². The summed E-state index contributed by atoms with van der Waals surface area (Å²) in [5.41, 5.74) is 19.5. The Hall–Kier alpha value is -8.32. The zero-order valence-electron chi connectivity index (χ0n) is 35.2. The van der Waals surface area contributed by atoms with Crippen LogP contribution in [0.4, 0.5) is 0 Å². The molecule has 0 fully saturated rings. The van der Waals surface area contributed by atoms with Crippen LogP contribution in [0.2, 0.25) is 0 Å². The smallest absolute Gasteiger partial charge is 0.00141 e. The molecule has 0 spiro atoms. The molecule has 12 rings (SSSR count). The summed E-state index contributed by atoms with van der Waals surface area (Å²) in [6.07, 6.45) is 0. The lowest BCUT2D eigenvalue weighted by Gasteiger charge is -2.21. The highest BCUT2D eigenvalue weighted by atomic mass is 14.2. The normalized spacial score (nSPS) is 11.4. The molecule has 0 N–H and O–H groups in total. The first-order valence-corrected chi connectivity index (χ1v) is 22.2. The van der Waals surface area contributed by atoms with Gasteiger partial charge in [0.15, 0.2) is 0 Å². The van der Waals surface area contributed by atoms with Gasteiger partial charge < -0.3 is 0 Å². The van der Waals surface area contributed by atoms with Crippen molar-refractivity contribution in [2.45, 2.75) is 0 Å². The van der Waals surface area contributed by atoms with Crippen LogP contribution in [0.5, 0.6) is 0 Å². The molecule has 0 radical (unpaired) electrons. The molecule has 0 heterocycles. The average molecular weight is 811 g/mol. The second-order valence-corrected chi connectivity index (χ2v) is 16.8. The molecule has 0 saturated heterocycles.